The van der Waals surface area contributed by atoms with Gasteiger partial charge in [-0.3, -0.25) is 9.59 Å². The molecule has 0 spiro atoms. The van der Waals surface area contributed by atoms with Gasteiger partial charge in [-0.1, -0.05) is 31.2 Å². The maximum absolute atomic E-state index is 14.6. The van der Waals surface area contributed by atoms with Crippen molar-refractivity contribution in [2.45, 2.75) is 88.4 Å². The van der Waals surface area contributed by atoms with Crippen molar-refractivity contribution in [1.29, 1.82) is 0 Å². The zero-order chi connectivity index (χ0) is 29.4. The second-order valence-corrected chi connectivity index (χ2v) is 11.3. The van der Waals surface area contributed by atoms with Crippen LogP contribution in [-0.4, -0.2) is 60.2 Å². The molecule has 2 amide bonds. The maximum atomic E-state index is 14.6. The first-order valence-corrected chi connectivity index (χ1v) is 14.7. The Morgan fingerprint density at radius 1 is 1.22 bits per heavy atom. The number of nitrogens with zero attached hydrogens (tertiary/aromatic N) is 1. The highest BCUT2D eigenvalue weighted by atomic mass is 19.1. The zero-order valence-electron chi connectivity index (χ0n) is 24.1. The molecule has 1 fully saturated rings. The van der Waals surface area contributed by atoms with E-state index in [-0.39, 0.29) is 37.3 Å². The minimum Gasteiger partial charge on any atom is -0.493 e. The van der Waals surface area contributed by atoms with E-state index < -0.39 is 29.9 Å². The molecule has 0 saturated heterocycles. The number of halogens is 1. The number of ether oxygens (including phenoxy) is 1. The molecule has 3 atom stereocenters. The van der Waals surface area contributed by atoms with Crippen LogP contribution in [0.2, 0.25) is 0 Å². The molecule has 2 aromatic carbocycles. The number of carbonyl (C=O) groups is 2. The number of carbonyl (C=O) groups excluding carboxylic acids is 2. The van der Waals surface area contributed by atoms with Gasteiger partial charge in [0.15, 0.2) is 0 Å². The second kappa shape index (κ2) is 14.0. The highest BCUT2D eigenvalue weighted by molar-refractivity contribution is 5.88. The van der Waals surface area contributed by atoms with Crippen LogP contribution in [-0.2, 0) is 28.0 Å². The van der Waals surface area contributed by atoms with Crippen molar-refractivity contribution in [3.63, 3.8) is 0 Å². The Bertz CT molecular complexity index is 1260. The van der Waals surface area contributed by atoms with Gasteiger partial charge in [0, 0.05) is 38.0 Å². The monoisotopic (exact) mass is 563 g/mol. The Morgan fingerprint density at radius 2 is 2.02 bits per heavy atom. The number of hydrogen-bond acceptors (Lipinski definition) is 5. The van der Waals surface area contributed by atoms with E-state index in [1.807, 2.05) is 0 Å². The lowest BCUT2D eigenvalue weighted by Gasteiger charge is -2.31. The Balaban J connectivity index is 1.57. The lowest BCUT2D eigenvalue weighted by atomic mass is 9.97. The fourth-order valence-corrected chi connectivity index (χ4v) is 5.47. The smallest absolute Gasteiger partial charge is 0.244 e. The SMILES string of the molecule is C#CC[C@H]1C(=O)N[C@H]([C@H](O)CNC2(c3cccc(CC)c3)CC2)Cc2cc(F)cc(c2)OCCCCCC(=O)N1C. The summed E-state index contributed by atoms with van der Waals surface area (Å²) in [6.07, 6.45) is 10.0. The molecule has 8 heteroatoms. The van der Waals surface area contributed by atoms with Crippen molar-refractivity contribution in [1.82, 2.24) is 15.5 Å². The summed E-state index contributed by atoms with van der Waals surface area (Å²) in [4.78, 5) is 27.8. The number of terminal acetylenes is 1. The molecule has 1 saturated carbocycles. The third kappa shape index (κ3) is 8.08. The summed E-state index contributed by atoms with van der Waals surface area (Å²) in [6, 6.07) is 11.3. The number of rotatable bonds is 7. The number of fused-ring (bicyclic) bond motifs is 2. The van der Waals surface area contributed by atoms with Crippen LogP contribution in [0.1, 0.15) is 68.6 Å². The van der Waals surface area contributed by atoms with Crippen LogP contribution in [0.25, 0.3) is 0 Å². The lowest BCUT2D eigenvalue weighted by molar-refractivity contribution is -0.139. The fraction of sp³-hybridized carbons (Fsp3) is 0.515. The molecular formula is C33H42FN3O4. The van der Waals surface area contributed by atoms with E-state index in [9.17, 15) is 19.1 Å². The third-order valence-corrected chi connectivity index (χ3v) is 8.24. The average Bonchev–Trinajstić information content (AvgIpc) is 3.76. The van der Waals surface area contributed by atoms with Gasteiger partial charge in [-0.25, -0.2) is 4.39 Å². The molecule has 7 nitrogen and oxygen atoms in total. The van der Waals surface area contributed by atoms with Gasteiger partial charge >= 0.3 is 0 Å². The Morgan fingerprint density at radius 3 is 2.76 bits per heavy atom. The van der Waals surface area contributed by atoms with Gasteiger partial charge in [0.05, 0.1) is 18.8 Å². The van der Waals surface area contributed by atoms with E-state index >= 15 is 0 Å². The number of hydrogen-bond donors (Lipinski definition) is 3. The molecule has 2 aliphatic rings. The van der Waals surface area contributed by atoms with Gasteiger partial charge in [0.1, 0.15) is 17.6 Å². The number of aryl methyl sites for hydroxylation is 1. The normalized spacial score (nSPS) is 22.3. The van der Waals surface area contributed by atoms with Crippen LogP contribution in [0.5, 0.6) is 5.75 Å². The molecule has 41 heavy (non-hydrogen) atoms. The predicted octanol–water partition coefficient (Wildman–Crippen LogP) is 3.86. The van der Waals surface area contributed by atoms with E-state index in [1.165, 1.54) is 28.2 Å². The highest BCUT2D eigenvalue weighted by Crippen LogP contribution is 2.45. The van der Waals surface area contributed by atoms with E-state index in [1.54, 1.807) is 13.1 Å². The first kappa shape index (κ1) is 30.5. The van der Waals surface area contributed by atoms with Gasteiger partial charge in [0.25, 0.3) is 0 Å². The van der Waals surface area contributed by atoms with Crippen LogP contribution < -0.4 is 15.4 Å². The number of likely N-dealkylation sites (N-methyl/N-ethyl adjacent to an activating group) is 1. The Hall–Kier alpha value is -3.41. The van der Waals surface area contributed by atoms with Crippen molar-refractivity contribution in [2.24, 2.45) is 0 Å². The van der Waals surface area contributed by atoms with Gasteiger partial charge < -0.3 is 25.4 Å². The predicted molar refractivity (Wildman–Crippen MR) is 157 cm³/mol. The molecule has 0 radical (unpaired) electrons. The summed E-state index contributed by atoms with van der Waals surface area (Å²) in [5.41, 5.74) is 2.81. The second-order valence-electron chi connectivity index (χ2n) is 11.3. The molecule has 3 N–H and O–H groups in total. The molecule has 0 unspecified atom stereocenters. The summed E-state index contributed by atoms with van der Waals surface area (Å²) < 4.78 is 20.3. The molecule has 2 aromatic rings. The quantitative estimate of drug-likeness (QED) is 0.445. The molecule has 1 aliphatic carbocycles. The zero-order valence-corrected chi connectivity index (χ0v) is 24.1. The first-order valence-electron chi connectivity index (χ1n) is 14.7. The van der Waals surface area contributed by atoms with Crippen molar-refractivity contribution >= 4 is 11.8 Å². The molecule has 1 heterocycles. The third-order valence-electron chi connectivity index (χ3n) is 8.24. The van der Waals surface area contributed by atoms with Gasteiger partial charge in [-0.15, -0.1) is 12.3 Å². The first-order chi connectivity index (χ1) is 19.7. The summed E-state index contributed by atoms with van der Waals surface area (Å²) >= 11 is 0. The van der Waals surface area contributed by atoms with Crippen LogP contribution in [0, 0.1) is 18.2 Å². The fourth-order valence-electron chi connectivity index (χ4n) is 5.47. The van der Waals surface area contributed by atoms with Crippen molar-refractivity contribution in [2.75, 3.05) is 20.2 Å². The summed E-state index contributed by atoms with van der Waals surface area (Å²) in [5.74, 6) is 1.86. The minimum atomic E-state index is -0.996. The number of nitrogens with one attached hydrogen (secondary N) is 2. The Labute approximate surface area is 242 Å². The largest absolute Gasteiger partial charge is 0.493 e. The molecule has 1 aliphatic heterocycles. The number of benzene rings is 2. The Kier molecular flexibility index (Phi) is 10.4. The van der Waals surface area contributed by atoms with E-state index in [2.05, 4.69) is 47.7 Å². The average molecular weight is 564 g/mol. The van der Waals surface area contributed by atoms with Crippen molar-refractivity contribution in [3.8, 4) is 18.1 Å². The molecule has 2 bridgehead atoms. The summed E-state index contributed by atoms with van der Waals surface area (Å²) in [7, 11) is 1.59. The summed E-state index contributed by atoms with van der Waals surface area (Å²) in [5, 5.41) is 17.9. The van der Waals surface area contributed by atoms with E-state index in [0.717, 1.165) is 25.7 Å². The summed E-state index contributed by atoms with van der Waals surface area (Å²) in [6.45, 7) is 2.74. The van der Waals surface area contributed by atoms with Gasteiger partial charge in [-0.2, -0.15) is 0 Å². The molecule has 220 valence electrons. The molecular weight excluding hydrogens is 521 g/mol. The lowest BCUT2D eigenvalue weighted by Crippen LogP contribution is -2.55. The van der Waals surface area contributed by atoms with Crippen LogP contribution in [0.15, 0.2) is 42.5 Å². The molecule has 4 rings (SSSR count). The topological polar surface area (TPSA) is 90.9 Å². The van der Waals surface area contributed by atoms with Crippen molar-refractivity contribution < 1.29 is 23.8 Å². The van der Waals surface area contributed by atoms with E-state index in [4.69, 9.17) is 11.2 Å². The number of aliphatic hydroxyl groups excluding tert-OH is 1. The number of aliphatic hydroxyl groups is 1. The highest BCUT2D eigenvalue weighted by Gasteiger charge is 2.44. The minimum absolute atomic E-state index is 0.0456. The number of amides is 2. The van der Waals surface area contributed by atoms with Gasteiger partial charge in [-0.05, 0) is 73.8 Å². The van der Waals surface area contributed by atoms with E-state index in [0.29, 0.717) is 30.8 Å². The van der Waals surface area contributed by atoms with Gasteiger partial charge in [0.2, 0.25) is 11.8 Å². The van der Waals surface area contributed by atoms with Crippen LogP contribution >= 0.6 is 0 Å². The standard InChI is InChI=1S/C33H42FN3O4/c1-4-10-29-32(40)36-28(30(38)22-35-33(14-15-33)25-12-9-11-23(5-2)17-25)20-24-18-26(34)21-27(19-24)41-16-8-6-7-13-31(39)37(29)3/h1,9,11-12,17-19,21,28-30,35,38H,5-8,10,13-16,20,22H2,2-3H3,(H,36,40)/t28-,29-,30+/m0/s1. The van der Waals surface area contributed by atoms with Crippen molar-refractivity contribution in [3.05, 3.63) is 65.0 Å². The maximum Gasteiger partial charge on any atom is 0.244 e. The molecule has 0 aromatic heterocycles. The van der Waals surface area contributed by atoms with Crippen LogP contribution in [0.4, 0.5) is 4.39 Å². The van der Waals surface area contributed by atoms with Crippen LogP contribution in [0.3, 0.4) is 0 Å².